The van der Waals surface area contributed by atoms with Crippen LogP contribution in [0, 0.1) is 0 Å². The van der Waals surface area contributed by atoms with E-state index < -0.39 is 5.91 Å². The highest BCUT2D eigenvalue weighted by atomic mass is 16.5. The van der Waals surface area contributed by atoms with Crippen LogP contribution >= 0.6 is 0 Å². The van der Waals surface area contributed by atoms with Crippen LogP contribution in [0.3, 0.4) is 0 Å². The number of ether oxygens (including phenoxy) is 2. The van der Waals surface area contributed by atoms with Gasteiger partial charge in [-0.15, -0.1) is 0 Å². The number of pyridine rings is 1. The summed E-state index contributed by atoms with van der Waals surface area (Å²) in [5, 5.41) is 5.55. The van der Waals surface area contributed by atoms with Gasteiger partial charge in [0.15, 0.2) is 0 Å². The zero-order valence-corrected chi connectivity index (χ0v) is 16.1. The van der Waals surface area contributed by atoms with Gasteiger partial charge in [-0.05, 0) is 55.5 Å². The van der Waals surface area contributed by atoms with E-state index in [4.69, 9.17) is 9.47 Å². The summed E-state index contributed by atoms with van der Waals surface area (Å²) in [6.07, 6.45) is 1.42. The van der Waals surface area contributed by atoms with Crippen LogP contribution in [0.25, 0.3) is 0 Å². The Morgan fingerprint density at radius 3 is 2.45 bits per heavy atom. The lowest BCUT2D eigenvalue weighted by Gasteiger charge is -2.11. The van der Waals surface area contributed by atoms with Crippen LogP contribution in [0.5, 0.6) is 11.5 Å². The third-order valence-electron chi connectivity index (χ3n) is 4.04. The molecule has 0 atom stereocenters. The number of aromatic nitrogens is 1. The molecule has 0 aliphatic heterocycles. The van der Waals surface area contributed by atoms with Crippen molar-refractivity contribution < 1.29 is 19.1 Å². The summed E-state index contributed by atoms with van der Waals surface area (Å²) in [5.74, 6) is 0.486. The number of methoxy groups -OCH3 is 1. The normalized spacial score (nSPS) is 10.1. The topological polar surface area (TPSA) is 89.5 Å². The summed E-state index contributed by atoms with van der Waals surface area (Å²) in [7, 11) is 1.57. The van der Waals surface area contributed by atoms with E-state index >= 15 is 0 Å². The van der Waals surface area contributed by atoms with E-state index in [0.29, 0.717) is 35.0 Å². The molecule has 0 aliphatic rings. The Hall–Kier alpha value is -3.87. The number of nitrogens with one attached hydrogen (secondary N) is 2. The highest BCUT2D eigenvalue weighted by molar-refractivity contribution is 6.08. The Balaban J connectivity index is 1.73. The van der Waals surface area contributed by atoms with Crippen molar-refractivity contribution >= 4 is 23.2 Å². The molecule has 148 valence electrons. The van der Waals surface area contributed by atoms with Crippen molar-refractivity contribution in [2.75, 3.05) is 24.4 Å². The van der Waals surface area contributed by atoms with Crippen molar-refractivity contribution in [3.05, 3.63) is 78.1 Å². The van der Waals surface area contributed by atoms with Crippen molar-refractivity contribution in [3.63, 3.8) is 0 Å². The predicted octanol–water partition coefficient (Wildman–Crippen LogP) is 3.99. The minimum absolute atomic E-state index is 0.131. The van der Waals surface area contributed by atoms with Crippen LogP contribution in [-0.4, -0.2) is 30.5 Å². The first kappa shape index (κ1) is 19.9. The molecule has 0 aliphatic carbocycles. The van der Waals surface area contributed by atoms with Crippen LogP contribution in [0.1, 0.15) is 27.8 Å². The average molecular weight is 391 g/mol. The van der Waals surface area contributed by atoms with Crippen molar-refractivity contribution in [1.29, 1.82) is 0 Å². The minimum Gasteiger partial charge on any atom is -0.497 e. The molecule has 7 heteroatoms. The quantitative estimate of drug-likeness (QED) is 0.636. The Kier molecular flexibility index (Phi) is 6.42. The molecular weight excluding hydrogens is 370 g/mol. The largest absolute Gasteiger partial charge is 0.497 e. The van der Waals surface area contributed by atoms with Crippen LogP contribution in [0.4, 0.5) is 11.4 Å². The molecule has 0 bridgehead atoms. The summed E-state index contributed by atoms with van der Waals surface area (Å²) >= 11 is 0. The van der Waals surface area contributed by atoms with E-state index in [0.717, 1.165) is 0 Å². The molecule has 0 saturated heterocycles. The minimum atomic E-state index is -0.417. The fourth-order valence-corrected chi connectivity index (χ4v) is 2.61. The van der Waals surface area contributed by atoms with E-state index in [1.165, 1.54) is 12.3 Å². The van der Waals surface area contributed by atoms with Gasteiger partial charge in [0.05, 0.1) is 19.4 Å². The number of anilines is 2. The van der Waals surface area contributed by atoms with E-state index in [1.807, 2.05) is 13.0 Å². The van der Waals surface area contributed by atoms with Gasteiger partial charge in [0.1, 0.15) is 17.2 Å². The number of rotatable bonds is 7. The van der Waals surface area contributed by atoms with Crippen LogP contribution < -0.4 is 20.1 Å². The van der Waals surface area contributed by atoms with Crippen LogP contribution in [0.2, 0.25) is 0 Å². The van der Waals surface area contributed by atoms with Gasteiger partial charge in [0, 0.05) is 17.4 Å². The van der Waals surface area contributed by atoms with Gasteiger partial charge in [-0.3, -0.25) is 14.6 Å². The molecule has 0 spiro atoms. The smallest absolute Gasteiger partial charge is 0.274 e. The highest BCUT2D eigenvalue weighted by Gasteiger charge is 2.14. The predicted molar refractivity (Wildman–Crippen MR) is 111 cm³/mol. The molecule has 2 aromatic carbocycles. The Morgan fingerprint density at radius 2 is 1.72 bits per heavy atom. The molecule has 0 unspecified atom stereocenters. The molecule has 0 fully saturated rings. The maximum absolute atomic E-state index is 12.6. The van der Waals surface area contributed by atoms with Crippen LogP contribution in [-0.2, 0) is 0 Å². The molecule has 1 aromatic heterocycles. The number of carbonyl (C=O) groups is 2. The van der Waals surface area contributed by atoms with Gasteiger partial charge in [-0.1, -0.05) is 12.1 Å². The second-order valence-corrected chi connectivity index (χ2v) is 6.00. The van der Waals surface area contributed by atoms with Gasteiger partial charge < -0.3 is 20.1 Å². The van der Waals surface area contributed by atoms with Gasteiger partial charge in [-0.2, -0.15) is 0 Å². The molecule has 3 rings (SSSR count). The monoisotopic (exact) mass is 391 g/mol. The zero-order chi connectivity index (χ0) is 20.6. The fourth-order valence-electron chi connectivity index (χ4n) is 2.61. The Bertz CT molecular complexity index is 1000. The number of carbonyl (C=O) groups excluding carboxylic acids is 2. The summed E-state index contributed by atoms with van der Waals surface area (Å²) in [5.41, 5.74) is 1.59. The van der Waals surface area contributed by atoms with Gasteiger partial charge in [0.25, 0.3) is 11.8 Å². The van der Waals surface area contributed by atoms with Crippen molar-refractivity contribution in [2.45, 2.75) is 6.92 Å². The second-order valence-electron chi connectivity index (χ2n) is 6.00. The standard InChI is InChI=1S/C22H21N3O4/c1-3-29-20-7-5-4-6-18(20)25-21(26)15-12-13-23-19(14-15)22(27)24-16-8-10-17(28-2)11-9-16/h4-14H,3H2,1-2H3,(H,24,27)(H,25,26). The van der Waals surface area contributed by atoms with Gasteiger partial charge in [-0.25, -0.2) is 0 Å². The molecule has 1 heterocycles. The first-order valence-corrected chi connectivity index (χ1v) is 9.05. The van der Waals surface area contributed by atoms with E-state index in [2.05, 4.69) is 15.6 Å². The lowest BCUT2D eigenvalue weighted by Crippen LogP contribution is -2.17. The number of amides is 2. The van der Waals surface area contributed by atoms with E-state index in [1.54, 1.807) is 55.6 Å². The maximum atomic E-state index is 12.6. The summed E-state index contributed by atoms with van der Waals surface area (Å²) in [4.78, 5) is 29.2. The average Bonchev–Trinajstić information content (AvgIpc) is 2.76. The Labute approximate surface area is 168 Å². The van der Waals surface area contributed by atoms with Crippen molar-refractivity contribution in [2.24, 2.45) is 0 Å². The first-order valence-electron chi connectivity index (χ1n) is 9.05. The number of hydrogen-bond donors (Lipinski definition) is 2. The molecule has 0 radical (unpaired) electrons. The van der Waals surface area contributed by atoms with E-state index in [9.17, 15) is 9.59 Å². The third kappa shape index (κ3) is 5.10. The molecule has 3 aromatic rings. The first-order chi connectivity index (χ1) is 14.1. The Morgan fingerprint density at radius 1 is 0.966 bits per heavy atom. The third-order valence-corrected chi connectivity index (χ3v) is 4.04. The van der Waals surface area contributed by atoms with Crippen molar-refractivity contribution in [1.82, 2.24) is 4.98 Å². The lowest BCUT2D eigenvalue weighted by molar-refractivity contribution is 0.102. The maximum Gasteiger partial charge on any atom is 0.274 e. The van der Waals surface area contributed by atoms with E-state index in [-0.39, 0.29) is 11.6 Å². The number of nitrogens with zero attached hydrogens (tertiary/aromatic N) is 1. The van der Waals surface area contributed by atoms with Gasteiger partial charge in [0.2, 0.25) is 0 Å². The number of para-hydroxylation sites is 2. The molecule has 0 saturated carbocycles. The number of hydrogen-bond acceptors (Lipinski definition) is 5. The number of benzene rings is 2. The molecule has 29 heavy (non-hydrogen) atoms. The zero-order valence-electron chi connectivity index (χ0n) is 16.1. The van der Waals surface area contributed by atoms with Gasteiger partial charge >= 0.3 is 0 Å². The van der Waals surface area contributed by atoms with Crippen LogP contribution in [0.15, 0.2) is 66.9 Å². The summed E-state index contributed by atoms with van der Waals surface area (Å²) in [6.45, 7) is 2.35. The molecule has 2 N–H and O–H groups in total. The summed E-state index contributed by atoms with van der Waals surface area (Å²) in [6, 6.07) is 17.1. The lowest BCUT2D eigenvalue weighted by atomic mass is 10.2. The SMILES string of the molecule is CCOc1ccccc1NC(=O)c1ccnc(C(=O)Nc2ccc(OC)cc2)c1. The van der Waals surface area contributed by atoms with Crippen molar-refractivity contribution in [3.8, 4) is 11.5 Å². The molecular formula is C22H21N3O4. The molecule has 2 amide bonds. The highest BCUT2D eigenvalue weighted by Crippen LogP contribution is 2.24. The molecule has 7 nitrogen and oxygen atoms in total. The summed E-state index contributed by atoms with van der Waals surface area (Å²) < 4.78 is 10.6. The fraction of sp³-hybridized carbons (Fsp3) is 0.136. The second kappa shape index (κ2) is 9.36.